The zero-order valence-corrected chi connectivity index (χ0v) is 20.9. The number of nitrogens with zero attached hydrogens (tertiary/aromatic N) is 2. The molecule has 5 rings (SSSR count). The van der Waals surface area contributed by atoms with E-state index in [0.717, 1.165) is 36.3 Å². The van der Waals surface area contributed by atoms with Crippen LogP contribution in [0.4, 0.5) is 5.69 Å². The number of pyridine rings is 1. The predicted molar refractivity (Wildman–Crippen MR) is 141 cm³/mol. The first-order chi connectivity index (χ1) is 17.5. The monoisotopic (exact) mass is 519 g/mol. The standard InChI is InChI=1S/C28H23Cl2N3O3/c29-22-11-10-19(14-23(22)30)31-26(34)17-36-28(35)27-20-8-4-5-9-24(20)32-25-12-13-33(16-21(25)27)15-18-6-2-1-3-7-18/h1-11,14H,12-13,15-17H2,(H,31,34). The van der Waals surface area contributed by atoms with Crippen molar-refractivity contribution < 1.29 is 14.3 Å². The molecule has 8 heteroatoms. The fourth-order valence-corrected chi connectivity index (χ4v) is 4.73. The second-order valence-corrected chi connectivity index (χ2v) is 9.44. The summed E-state index contributed by atoms with van der Waals surface area (Å²) in [7, 11) is 0. The Balaban J connectivity index is 1.37. The van der Waals surface area contributed by atoms with Crippen LogP contribution >= 0.6 is 23.2 Å². The minimum atomic E-state index is -0.546. The zero-order chi connectivity index (χ0) is 25.1. The van der Waals surface area contributed by atoms with Crippen LogP contribution in [0, 0.1) is 0 Å². The van der Waals surface area contributed by atoms with Crippen molar-refractivity contribution in [3.8, 4) is 0 Å². The summed E-state index contributed by atoms with van der Waals surface area (Å²) in [6.45, 7) is 1.75. The number of hydrogen-bond acceptors (Lipinski definition) is 5. The quantitative estimate of drug-likeness (QED) is 0.321. The van der Waals surface area contributed by atoms with Gasteiger partial charge in [-0.1, -0.05) is 71.7 Å². The average molecular weight is 520 g/mol. The molecule has 0 bridgehead atoms. The number of halogens is 2. The molecule has 0 radical (unpaired) electrons. The Bertz CT molecular complexity index is 1440. The van der Waals surface area contributed by atoms with Crippen molar-refractivity contribution in [3.05, 3.63) is 105 Å². The molecule has 1 aromatic heterocycles. The second-order valence-electron chi connectivity index (χ2n) is 8.63. The van der Waals surface area contributed by atoms with E-state index in [2.05, 4.69) is 22.3 Å². The van der Waals surface area contributed by atoms with Gasteiger partial charge in [-0.05, 0) is 29.8 Å². The summed E-state index contributed by atoms with van der Waals surface area (Å²) in [5.41, 5.74) is 4.62. The van der Waals surface area contributed by atoms with Crippen molar-refractivity contribution in [2.75, 3.05) is 18.5 Å². The third kappa shape index (κ3) is 5.36. The van der Waals surface area contributed by atoms with E-state index >= 15 is 0 Å². The van der Waals surface area contributed by atoms with E-state index in [1.165, 1.54) is 11.6 Å². The molecule has 3 aromatic carbocycles. The molecule has 0 atom stereocenters. The maximum absolute atomic E-state index is 13.4. The van der Waals surface area contributed by atoms with Gasteiger partial charge in [-0.25, -0.2) is 4.79 Å². The summed E-state index contributed by atoms with van der Waals surface area (Å²) < 4.78 is 5.49. The highest BCUT2D eigenvalue weighted by Gasteiger charge is 2.27. The molecule has 1 N–H and O–H groups in total. The van der Waals surface area contributed by atoms with Gasteiger partial charge in [-0.2, -0.15) is 0 Å². The predicted octanol–water partition coefficient (Wildman–Crippen LogP) is 5.90. The highest BCUT2D eigenvalue weighted by Crippen LogP contribution is 2.30. The van der Waals surface area contributed by atoms with E-state index in [0.29, 0.717) is 33.2 Å². The SMILES string of the molecule is O=C(COC(=O)c1c2c(nc3ccccc13)CCN(Cc1ccccc1)C2)Nc1ccc(Cl)c(Cl)c1. The Labute approximate surface area is 218 Å². The highest BCUT2D eigenvalue weighted by atomic mass is 35.5. The van der Waals surface area contributed by atoms with E-state index in [4.69, 9.17) is 32.9 Å². The van der Waals surface area contributed by atoms with Crippen molar-refractivity contribution >= 4 is 51.7 Å². The molecule has 182 valence electrons. The van der Waals surface area contributed by atoms with Crippen LogP contribution in [0.2, 0.25) is 10.0 Å². The lowest BCUT2D eigenvalue weighted by molar-refractivity contribution is -0.119. The van der Waals surface area contributed by atoms with Gasteiger partial charge in [0, 0.05) is 48.4 Å². The Morgan fingerprint density at radius 3 is 2.56 bits per heavy atom. The first-order valence-electron chi connectivity index (χ1n) is 11.6. The number of carbonyl (C=O) groups is 2. The number of ether oxygens (including phenoxy) is 1. The first kappa shape index (κ1) is 24.3. The molecular weight excluding hydrogens is 497 g/mol. The molecule has 0 spiro atoms. The van der Waals surface area contributed by atoms with Crippen molar-refractivity contribution in [1.82, 2.24) is 9.88 Å². The minimum Gasteiger partial charge on any atom is -0.452 e. The van der Waals surface area contributed by atoms with E-state index < -0.39 is 18.5 Å². The lowest BCUT2D eigenvalue weighted by Gasteiger charge is -2.30. The molecule has 6 nitrogen and oxygen atoms in total. The molecule has 0 saturated heterocycles. The number of nitrogens with one attached hydrogen (secondary N) is 1. The van der Waals surface area contributed by atoms with Crippen molar-refractivity contribution in [2.45, 2.75) is 19.5 Å². The van der Waals surface area contributed by atoms with Crippen LogP contribution in [0.5, 0.6) is 0 Å². The van der Waals surface area contributed by atoms with Gasteiger partial charge in [0.2, 0.25) is 0 Å². The largest absolute Gasteiger partial charge is 0.452 e. The first-order valence-corrected chi connectivity index (χ1v) is 12.3. The summed E-state index contributed by atoms with van der Waals surface area (Å²) in [6.07, 6.45) is 0.727. The highest BCUT2D eigenvalue weighted by molar-refractivity contribution is 6.42. The molecule has 0 unspecified atom stereocenters. The van der Waals surface area contributed by atoms with E-state index in [9.17, 15) is 9.59 Å². The van der Waals surface area contributed by atoms with Crippen LogP contribution < -0.4 is 5.32 Å². The number of anilines is 1. The van der Waals surface area contributed by atoms with Gasteiger partial charge in [-0.3, -0.25) is 14.7 Å². The maximum Gasteiger partial charge on any atom is 0.339 e. The van der Waals surface area contributed by atoms with Gasteiger partial charge in [0.1, 0.15) is 0 Å². The molecule has 36 heavy (non-hydrogen) atoms. The van der Waals surface area contributed by atoms with Crippen LogP contribution in [-0.2, 0) is 29.0 Å². The number of amides is 1. The Morgan fingerprint density at radius 2 is 1.75 bits per heavy atom. The molecule has 0 fully saturated rings. The maximum atomic E-state index is 13.4. The third-order valence-corrected chi connectivity index (χ3v) is 6.86. The molecule has 1 aliphatic heterocycles. The van der Waals surface area contributed by atoms with Gasteiger partial charge in [0.25, 0.3) is 5.91 Å². The summed E-state index contributed by atoms with van der Waals surface area (Å²) in [5, 5.41) is 4.09. The van der Waals surface area contributed by atoms with Gasteiger partial charge in [0.15, 0.2) is 6.61 Å². The molecule has 0 saturated carbocycles. The van der Waals surface area contributed by atoms with E-state index in [1.807, 2.05) is 42.5 Å². The van der Waals surface area contributed by atoms with Gasteiger partial charge in [0.05, 0.1) is 21.1 Å². The molecular formula is C28H23Cl2N3O3. The van der Waals surface area contributed by atoms with Crippen molar-refractivity contribution in [2.24, 2.45) is 0 Å². The normalized spacial score (nSPS) is 13.3. The van der Waals surface area contributed by atoms with Crippen LogP contribution in [0.15, 0.2) is 72.8 Å². The summed E-state index contributed by atoms with van der Waals surface area (Å²) in [5.74, 6) is -1.02. The average Bonchev–Trinajstić information content (AvgIpc) is 2.88. The number of hydrogen-bond donors (Lipinski definition) is 1. The number of carbonyl (C=O) groups excluding carboxylic acids is 2. The zero-order valence-electron chi connectivity index (χ0n) is 19.3. The van der Waals surface area contributed by atoms with Crippen LogP contribution in [0.3, 0.4) is 0 Å². The van der Waals surface area contributed by atoms with Crippen LogP contribution in [0.25, 0.3) is 10.9 Å². The Kier molecular flexibility index (Phi) is 7.18. The van der Waals surface area contributed by atoms with Gasteiger partial charge >= 0.3 is 5.97 Å². The number of esters is 1. The van der Waals surface area contributed by atoms with E-state index in [-0.39, 0.29) is 0 Å². The number of aromatic nitrogens is 1. The van der Waals surface area contributed by atoms with Crippen molar-refractivity contribution in [3.63, 3.8) is 0 Å². The lowest BCUT2D eigenvalue weighted by atomic mass is 9.95. The van der Waals surface area contributed by atoms with Gasteiger partial charge < -0.3 is 10.1 Å². The Morgan fingerprint density at radius 1 is 0.972 bits per heavy atom. The molecule has 0 aliphatic carbocycles. The van der Waals surface area contributed by atoms with Crippen molar-refractivity contribution in [1.29, 1.82) is 0 Å². The van der Waals surface area contributed by atoms with Crippen LogP contribution in [0.1, 0.15) is 27.2 Å². The fraction of sp³-hybridized carbons (Fsp3) is 0.179. The number of rotatable bonds is 6. The summed E-state index contributed by atoms with van der Waals surface area (Å²) >= 11 is 11.9. The third-order valence-electron chi connectivity index (χ3n) is 6.12. The number of benzene rings is 3. The summed E-state index contributed by atoms with van der Waals surface area (Å²) in [6, 6.07) is 22.5. The summed E-state index contributed by atoms with van der Waals surface area (Å²) in [4.78, 5) is 33.0. The fourth-order valence-electron chi connectivity index (χ4n) is 4.43. The van der Waals surface area contributed by atoms with Gasteiger partial charge in [-0.15, -0.1) is 0 Å². The minimum absolute atomic E-state index is 0.321. The Hall–Kier alpha value is -3.45. The molecule has 4 aromatic rings. The number of fused-ring (bicyclic) bond motifs is 2. The van der Waals surface area contributed by atoms with E-state index in [1.54, 1.807) is 12.1 Å². The molecule has 2 heterocycles. The molecule has 1 amide bonds. The lowest BCUT2D eigenvalue weighted by Crippen LogP contribution is -2.32. The second kappa shape index (κ2) is 10.7. The number of para-hydroxylation sites is 1. The van der Waals surface area contributed by atoms with Crippen LogP contribution in [-0.4, -0.2) is 34.9 Å². The smallest absolute Gasteiger partial charge is 0.339 e. The molecule has 1 aliphatic rings. The topological polar surface area (TPSA) is 71.5 Å².